The third-order valence-corrected chi connectivity index (χ3v) is 6.23. The number of anilines is 2. The molecular weight excluding hydrogens is 361 g/mol. The van der Waals surface area contributed by atoms with Gasteiger partial charge in [-0.1, -0.05) is 19.6 Å². The van der Waals surface area contributed by atoms with Gasteiger partial charge in [-0.15, -0.1) is 0 Å². The summed E-state index contributed by atoms with van der Waals surface area (Å²) in [7, 11) is -1.13. The summed E-state index contributed by atoms with van der Waals surface area (Å²) in [5.74, 6) is -0.741. The molecule has 1 fully saturated rings. The fraction of sp³-hybridized carbons (Fsp3) is 0.667. The summed E-state index contributed by atoms with van der Waals surface area (Å²) in [6.07, 6.45) is -3.48. The topological polar surface area (TPSA) is 47.7 Å². The van der Waals surface area contributed by atoms with Crippen LogP contribution in [-0.4, -0.2) is 40.7 Å². The molecule has 1 aromatic carbocycles. The molecule has 1 aliphatic heterocycles. The van der Waals surface area contributed by atoms with E-state index >= 15 is 0 Å². The number of rotatable bonds is 7. The molecule has 1 unspecified atom stereocenters. The lowest BCUT2D eigenvalue weighted by Gasteiger charge is -2.35. The van der Waals surface area contributed by atoms with Crippen LogP contribution in [0.5, 0.6) is 5.75 Å². The number of ether oxygens (including phenoxy) is 2. The molecule has 0 aliphatic carbocycles. The van der Waals surface area contributed by atoms with Gasteiger partial charge in [-0.2, -0.15) is 13.2 Å². The van der Waals surface area contributed by atoms with Crippen molar-refractivity contribution < 1.29 is 22.6 Å². The van der Waals surface area contributed by atoms with Crippen LogP contribution in [0.1, 0.15) is 12.8 Å². The van der Waals surface area contributed by atoms with Crippen LogP contribution in [0, 0.1) is 5.92 Å². The van der Waals surface area contributed by atoms with Crippen molar-refractivity contribution in [2.45, 2.75) is 44.7 Å². The van der Waals surface area contributed by atoms with E-state index in [4.69, 9.17) is 15.2 Å². The van der Waals surface area contributed by atoms with Crippen LogP contribution in [0.25, 0.3) is 0 Å². The van der Waals surface area contributed by atoms with E-state index in [1.165, 1.54) is 0 Å². The van der Waals surface area contributed by atoms with Crippen molar-refractivity contribution in [3.63, 3.8) is 0 Å². The predicted octanol–water partition coefficient (Wildman–Crippen LogP) is 4.74. The molecule has 0 bridgehead atoms. The van der Waals surface area contributed by atoms with Gasteiger partial charge in [0.2, 0.25) is 0 Å². The first-order chi connectivity index (χ1) is 12.1. The lowest BCUT2D eigenvalue weighted by atomic mass is 9.97. The molecule has 2 rings (SSSR count). The first-order valence-corrected chi connectivity index (χ1v) is 12.7. The van der Waals surface area contributed by atoms with Gasteiger partial charge in [0.1, 0.15) is 5.75 Å². The molecule has 1 atom stereocenters. The molecule has 26 heavy (non-hydrogen) atoms. The summed E-state index contributed by atoms with van der Waals surface area (Å²) < 4.78 is 50.0. The quantitative estimate of drug-likeness (QED) is 0.316. The van der Waals surface area contributed by atoms with Gasteiger partial charge in [-0.3, -0.25) is 0 Å². The average molecular weight is 391 g/mol. The van der Waals surface area contributed by atoms with E-state index < -0.39 is 20.2 Å². The standard InChI is InChI=1S/C18H29F3N2O2Si/c1-26(2,3)10-9-24-13-25-15-6-7-17(16(22)11-15)23-8-4-5-14(12-23)18(19,20)21/h6-7,11,14H,4-5,8-10,12-13,22H2,1-3H3. The number of nitrogens with two attached hydrogens (primary N) is 1. The number of halogens is 3. The summed E-state index contributed by atoms with van der Waals surface area (Å²) in [4.78, 5) is 1.71. The summed E-state index contributed by atoms with van der Waals surface area (Å²) >= 11 is 0. The van der Waals surface area contributed by atoms with Crippen molar-refractivity contribution in [1.29, 1.82) is 0 Å². The Morgan fingerprint density at radius 3 is 2.62 bits per heavy atom. The van der Waals surface area contributed by atoms with Crippen LogP contribution < -0.4 is 15.4 Å². The van der Waals surface area contributed by atoms with E-state index in [-0.39, 0.29) is 19.8 Å². The molecule has 0 radical (unpaired) electrons. The van der Waals surface area contributed by atoms with Gasteiger partial charge in [0.05, 0.1) is 17.3 Å². The Labute approximate surface area is 154 Å². The second-order valence-electron chi connectivity index (χ2n) is 8.03. The van der Waals surface area contributed by atoms with E-state index in [0.717, 1.165) is 6.04 Å². The van der Waals surface area contributed by atoms with Crippen LogP contribution in [0.2, 0.25) is 25.7 Å². The maximum absolute atomic E-state index is 13.0. The monoisotopic (exact) mass is 390 g/mol. The molecule has 0 aromatic heterocycles. The van der Waals surface area contributed by atoms with Crippen LogP contribution in [0.4, 0.5) is 24.5 Å². The number of benzene rings is 1. The van der Waals surface area contributed by atoms with Gasteiger partial charge >= 0.3 is 6.18 Å². The Morgan fingerprint density at radius 2 is 2.00 bits per heavy atom. The maximum Gasteiger partial charge on any atom is 0.393 e. The highest BCUT2D eigenvalue weighted by molar-refractivity contribution is 6.76. The number of alkyl halides is 3. The van der Waals surface area contributed by atoms with Crippen LogP contribution >= 0.6 is 0 Å². The van der Waals surface area contributed by atoms with Crippen molar-refractivity contribution in [3.05, 3.63) is 18.2 Å². The van der Waals surface area contributed by atoms with Crippen molar-refractivity contribution in [2.24, 2.45) is 5.92 Å². The lowest BCUT2D eigenvalue weighted by Crippen LogP contribution is -2.42. The van der Waals surface area contributed by atoms with E-state index in [9.17, 15) is 13.2 Å². The summed E-state index contributed by atoms with van der Waals surface area (Å²) in [6, 6.07) is 6.16. The fourth-order valence-corrected chi connectivity index (χ4v) is 3.68. The van der Waals surface area contributed by atoms with E-state index in [2.05, 4.69) is 19.6 Å². The fourth-order valence-electron chi connectivity index (χ4n) is 2.92. The molecule has 1 saturated heterocycles. The minimum atomic E-state index is -4.16. The van der Waals surface area contributed by atoms with E-state index in [1.807, 2.05) is 0 Å². The Kier molecular flexibility index (Phi) is 6.84. The van der Waals surface area contributed by atoms with E-state index in [0.29, 0.717) is 36.7 Å². The zero-order chi connectivity index (χ0) is 19.4. The minimum Gasteiger partial charge on any atom is -0.467 e. The van der Waals surface area contributed by atoms with Gasteiger partial charge in [0, 0.05) is 33.8 Å². The Morgan fingerprint density at radius 1 is 1.27 bits per heavy atom. The zero-order valence-electron chi connectivity index (χ0n) is 15.7. The van der Waals surface area contributed by atoms with Crippen molar-refractivity contribution in [2.75, 3.05) is 37.1 Å². The Bertz CT molecular complexity index is 591. The summed E-state index contributed by atoms with van der Waals surface area (Å²) in [5, 5.41) is 0. The average Bonchev–Trinajstić information content (AvgIpc) is 2.53. The number of hydrogen-bond acceptors (Lipinski definition) is 4. The number of nitrogens with zero attached hydrogens (tertiary/aromatic N) is 1. The molecule has 0 spiro atoms. The van der Waals surface area contributed by atoms with Crippen molar-refractivity contribution >= 4 is 19.4 Å². The van der Waals surface area contributed by atoms with Crippen LogP contribution in [-0.2, 0) is 4.74 Å². The molecule has 4 nitrogen and oxygen atoms in total. The van der Waals surface area contributed by atoms with Crippen molar-refractivity contribution in [3.8, 4) is 5.75 Å². The molecule has 1 aromatic rings. The molecule has 8 heteroatoms. The largest absolute Gasteiger partial charge is 0.467 e. The number of piperidine rings is 1. The highest BCUT2D eigenvalue weighted by Crippen LogP contribution is 2.37. The maximum atomic E-state index is 13.0. The molecule has 2 N–H and O–H groups in total. The van der Waals surface area contributed by atoms with Gasteiger partial charge < -0.3 is 20.1 Å². The molecule has 1 heterocycles. The smallest absolute Gasteiger partial charge is 0.393 e. The minimum absolute atomic E-state index is 0.0479. The van der Waals surface area contributed by atoms with Crippen molar-refractivity contribution in [1.82, 2.24) is 0 Å². The van der Waals surface area contributed by atoms with E-state index in [1.54, 1.807) is 23.1 Å². The summed E-state index contributed by atoms with van der Waals surface area (Å²) in [5.41, 5.74) is 7.11. The second kappa shape index (κ2) is 8.52. The second-order valence-corrected chi connectivity index (χ2v) is 13.6. The summed E-state index contributed by atoms with van der Waals surface area (Å²) in [6.45, 7) is 8.17. The Hall–Kier alpha value is -1.41. The van der Waals surface area contributed by atoms with Gasteiger partial charge in [-0.25, -0.2) is 0 Å². The first kappa shape index (κ1) is 20.9. The SMILES string of the molecule is C[Si](C)(C)CCOCOc1ccc(N2CCCC(C(F)(F)F)C2)c(N)c1. The highest BCUT2D eigenvalue weighted by atomic mass is 28.3. The normalized spacial score (nSPS) is 18.8. The highest BCUT2D eigenvalue weighted by Gasteiger charge is 2.42. The molecule has 148 valence electrons. The van der Waals surface area contributed by atoms with Crippen LogP contribution in [0.3, 0.4) is 0 Å². The molecule has 0 amide bonds. The third kappa shape index (κ3) is 6.39. The third-order valence-electron chi connectivity index (χ3n) is 4.53. The Balaban J connectivity index is 1.88. The lowest BCUT2D eigenvalue weighted by molar-refractivity contribution is -0.175. The number of hydrogen-bond donors (Lipinski definition) is 1. The zero-order valence-corrected chi connectivity index (χ0v) is 16.7. The number of nitrogen functional groups attached to an aromatic ring is 1. The molecular formula is C18H29F3N2O2Si. The van der Waals surface area contributed by atoms with Gasteiger partial charge in [0.15, 0.2) is 6.79 Å². The van der Waals surface area contributed by atoms with Crippen LogP contribution in [0.15, 0.2) is 18.2 Å². The molecule has 1 aliphatic rings. The molecule has 0 saturated carbocycles. The predicted molar refractivity (Wildman–Crippen MR) is 101 cm³/mol. The van der Waals surface area contributed by atoms with Gasteiger partial charge in [0.25, 0.3) is 0 Å². The van der Waals surface area contributed by atoms with Gasteiger partial charge in [-0.05, 0) is 31.0 Å². The first-order valence-electron chi connectivity index (χ1n) is 8.98.